The van der Waals surface area contributed by atoms with Crippen LogP contribution in [0.3, 0.4) is 0 Å². The number of nitrogens with two attached hydrogens (primary N) is 1. The van der Waals surface area contributed by atoms with Crippen molar-refractivity contribution in [2.45, 2.75) is 0 Å². The average Bonchev–Trinajstić information content (AvgIpc) is 2.33. The van der Waals surface area contributed by atoms with Crippen LogP contribution < -0.4 is 10.5 Å². The molecule has 0 radical (unpaired) electrons. The van der Waals surface area contributed by atoms with Crippen LogP contribution in [0, 0.1) is 5.82 Å². The minimum Gasteiger partial charge on any atom is -0.494 e. The highest BCUT2D eigenvalue weighted by Crippen LogP contribution is 2.35. The van der Waals surface area contributed by atoms with E-state index in [-0.39, 0.29) is 10.7 Å². The zero-order valence-electron chi connectivity index (χ0n) is 9.08. The molecule has 0 unspecified atom stereocenters. The molecule has 2 N–H and O–H groups in total. The Labute approximate surface area is 103 Å². The van der Waals surface area contributed by atoms with E-state index in [1.54, 1.807) is 18.3 Å². The van der Waals surface area contributed by atoms with E-state index in [9.17, 15) is 4.39 Å². The molecular formula is C12H10ClFN2O. The molecule has 0 aliphatic rings. The summed E-state index contributed by atoms with van der Waals surface area (Å²) in [5.74, 6) is 0.0489. The van der Waals surface area contributed by atoms with Gasteiger partial charge in [0.2, 0.25) is 0 Å². The molecule has 0 aliphatic heterocycles. The van der Waals surface area contributed by atoms with Crippen molar-refractivity contribution in [3.05, 3.63) is 41.3 Å². The van der Waals surface area contributed by atoms with E-state index in [1.807, 2.05) is 0 Å². The van der Waals surface area contributed by atoms with Crippen LogP contribution in [-0.4, -0.2) is 12.1 Å². The van der Waals surface area contributed by atoms with Crippen LogP contribution in [-0.2, 0) is 0 Å². The van der Waals surface area contributed by atoms with Crippen molar-refractivity contribution in [2.24, 2.45) is 0 Å². The van der Waals surface area contributed by atoms with Crippen LogP contribution in [0.15, 0.2) is 30.5 Å². The third-order valence-electron chi connectivity index (χ3n) is 2.34. The molecule has 0 fully saturated rings. The van der Waals surface area contributed by atoms with Gasteiger partial charge in [0.15, 0.2) is 0 Å². The zero-order chi connectivity index (χ0) is 12.4. The second-order valence-corrected chi connectivity index (χ2v) is 3.81. The SMILES string of the molecule is COc1cccnc1-c1cc(F)cc(Cl)c1N. The Morgan fingerprint density at radius 3 is 2.88 bits per heavy atom. The predicted octanol–water partition coefficient (Wildman–Crippen LogP) is 3.13. The predicted molar refractivity (Wildman–Crippen MR) is 65.6 cm³/mol. The number of aromatic nitrogens is 1. The van der Waals surface area contributed by atoms with Crippen LogP contribution in [0.1, 0.15) is 0 Å². The second kappa shape index (κ2) is 4.59. The van der Waals surface area contributed by atoms with Crippen molar-refractivity contribution in [3.63, 3.8) is 0 Å². The topological polar surface area (TPSA) is 48.1 Å². The van der Waals surface area contributed by atoms with Gasteiger partial charge in [-0.3, -0.25) is 4.98 Å². The number of hydrogen-bond donors (Lipinski definition) is 1. The molecule has 17 heavy (non-hydrogen) atoms. The molecule has 0 saturated carbocycles. The van der Waals surface area contributed by atoms with Crippen LogP contribution in [0.25, 0.3) is 11.3 Å². The Morgan fingerprint density at radius 1 is 1.41 bits per heavy atom. The van der Waals surface area contributed by atoms with E-state index in [2.05, 4.69) is 4.98 Å². The third-order valence-corrected chi connectivity index (χ3v) is 2.65. The monoisotopic (exact) mass is 252 g/mol. The highest BCUT2D eigenvalue weighted by molar-refractivity contribution is 6.33. The van der Waals surface area contributed by atoms with Crippen molar-refractivity contribution < 1.29 is 9.13 Å². The Bertz CT molecular complexity index is 560. The number of ether oxygens (including phenoxy) is 1. The lowest BCUT2D eigenvalue weighted by Gasteiger charge is -2.10. The van der Waals surface area contributed by atoms with Gasteiger partial charge in [-0.2, -0.15) is 0 Å². The van der Waals surface area contributed by atoms with Crippen molar-refractivity contribution in [3.8, 4) is 17.0 Å². The van der Waals surface area contributed by atoms with Gasteiger partial charge in [0.1, 0.15) is 17.3 Å². The van der Waals surface area contributed by atoms with E-state index < -0.39 is 5.82 Å². The summed E-state index contributed by atoms with van der Waals surface area (Å²) in [4.78, 5) is 4.13. The summed E-state index contributed by atoms with van der Waals surface area (Å²) in [7, 11) is 1.51. The molecule has 1 aromatic carbocycles. The van der Waals surface area contributed by atoms with E-state index in [1.165, 1.54) is 13.2 Å². The molecule has 0 atom stereocenters. The number of hydrogen-bond acceptors (Lipinski definition) is 3. The Morgan fingerprint density at radius 2 is 2.18 bits per heavy atom. The smallest absolute Gasteiger partial charge is 0.145 e. The number of rotatable bonds is 2. The maximum atomic E-state index is 13.3. The van der Waals surface area contributed by atoms with Gasteiger partial charge >= 0.3 is 0 Å². The van der Waals surface area contributed by atoms with Gasteiger partial charge in [0.05, 0.1) is 17.8 Å². The lowest BCUT2D eigenvalue weighted by Crippen LogP contribution is -1.97. The van der Waals surface area contributed by atoms with Gasteiger partial charge in [-0.15, -0.1) is 0 Å². The molecule has 88 valence electrons. The lowest BCUT2D eigenvalue weighted by atomic mass is 10.1. The molecule has 2 aromatic rings. The largest absolute Gasteiger partial charge is 0.494 e. The maximum Gasteiger partial charge on any atom is 0.145 e. The first-order chi connectivity index (χ1) is 8.13. The second-order valence-electron chi connectivity index (χ2n) is 3.40. The summed E-state index contributed by atoms with van der Waals surface area (Å²) in [6.45, 7) is 0. The molecule has 3 nitrogen and oxygen atoms in total. The molecule has 5 heteroatoms. The van der Waals surface area contributed by atoms with Gasteiger partial charge in [-0.05, 0) is 24.3 Å². The Kier molecular flexibility index (Phi) is 3.15. The first-order valence-electron chi connectivity index (χ1n) is 4.87. The number of halogens is 2. The standard InChI is InChI=1S/C12H10ClFN2O/c1-17-10-3-2-4-16-12(10)8-5-7(14)6-9(13)11(8)15/h2-6H,15H2,1H3. The van der Waals surface area contributed by atoms with E-state index >= 15 is 0 Å². The van der Waals surface area contributed by atoms with Crippen LogP contribution in [0.4, 0.5) is 10.1 Å². The van der Waals surface area contributed by atoms with Gasteiger partial charge in [-0.25, -0.2) is 4.39 Å². The molecule has 1 heterocycles. The first-order valence-corrected chi connectivity index (χ1v) is 5.25. The minimum atomic E-state index is -0.466. The highest BCUT2D eigenvalue weighted by Gasteiger charge is 2.13. The van der Waals surface area contributed by atoms with Crippen molar-refractivity contribution in [2.75, 3.05) is 12.8 Å². The van der Waals surface area contributed by atoms with Crippen molar-refractivity contribution >= 4 is 17.3 Å². The van der Waals surface area contributed by atoms with Gasteiger partial charge < -0.3 is 10.5 Å². The summed E-state index contributed by atoms with van der Waals surface area (Å²) in [6, 6.07) is 5.89. The molecule has 0 aliphatic carbocycles. The van der Waals surface area contributed by atoms with E-state index in [4.69, 9.17) is 22.1 Å². The Balaban J connectivity index is 2.68. The quantitative estimate of drug-likeness (QED) is 0.836. The first kappa shape index (κ1) is 11.7. The summed E-state index contributed by atoms with van der Waals surface area (Å²) < 4.78 is 18.5. The van der Waals surface area contributed by atoms with Crippen LogP contribution in [0.2, 0.25) is 5.02 Å². The normalized spacial score (nSPS) is 10.3. The third kappa shape index (κ3) is 2.17. The molecule has 2 rings (SSSR count). The zero-order valence-corrected chi connectivity index (χ0v) is 9.83. The molecule has 0 spiro atoms. The molecule has 0 amide bonds. The number of nitrogen functional groups attached to an aromatic ring is 1. The summed E-state index contributed by atoms with van der Waals surface area (Å²) in [5.41, 5.74) is 6.99. The van der Waals surface area contributed by atoms with E-state index in [0.717, 1.165) is 6.07 Å². The average molecular weight is 253 g/mol. The summed E-state index contributed by atoms with van der Waals surface area (Å²) in [6.07, 6.45) is 1.58. The number of pyridine rings is 1. The fraction of sp³-hybridized carbons (Fsp3) is 0.0833. The Hall–Kier alpha value is -1.81. The van der Waals surface area contributed by atoms with Gasteiger partial charge in [-0.1, -0.05) is 11.6 Å². The number of anilines is 1. The van der Waals surface area contributed by atoms with Gasteiger partial charge in [0, 0.05) is 11.8 Å². The molecular weight excluding hydrogens is 243 g/mol. The summed E-state index contributed by atoms with van der Waals surface area (Å²) >= 11 is 5.83. The fourth-order valence-corrected chi connectivity index (χ4v) is 1.74. The maximum absolute atomic E-state index is 13.3. The number of benzene rings is 1. The molecule has 1 aromatic heterocycles. The number of methoxy groups -OCH3 is 1. The van der Waals surface area contributed by atoms with Crippen LogP contribution in [0.5, 0.6) is 5.75 Å². The number of nitrogens with zero attached hydrogens (tertiary/aromatic N) is 1. The summed E-state index contributed by atoms with van der Waals surface area (Å²) in [5, 5.41) is 0.160. The van der Waals surface area contributed by atoms with E-state index in [0.29, 0.717) is 17.0 Å². The molecule has 0 saturated heterocycles. The van der Waals surface area contributed by atoms with Gasteiger partial charge in [0.25, 0.3) is 0 Å². The minimum absolute atomic E-state index is 0.160. The molecule has 0 bridgehead atoms. The fourth-order valence-electron chi connectivity index (χ4n) is 1.54. The highest BCUT2D eigenvalue weighted by atomic mass is 35.5. The van der Waals surface area contributed by atoms with Crippen molar-refractivity contribution in [1.82, 2.24) is 4.98 Å². The van der Waals surface area contributed by atoms with Crippen molar-refractivity contribution in [1.29, 1.82) is 0 Å². The van der Waals surface area contributed by atoms with Crippen LogP contribution >= 0.6 is 11.6 Å². The lowest BCUT2D eigenvalue weighted by molar-refractivity contribution is 0.415.